The van der Waals surface area contributed by atoms with Crippen molar-refractivity contribution in [2.45, 2.75) is 39.3 Å². The van der Waals surface area contributed by atoms with Crippen LogP contribution in [0.2, 0.25) is 0 Å². The Labute approximate surface area is 159 Å². The summed E-state index contributed by atoms with van der Waals surface area (Å²) in [5, 5.41) is 0. The third-order valence-corrected chi connectivity index (χ3v) is 4.65. The molecule has 0 bridgehead atoms. The van der Waals surface area contributed by atoms with Crippen molar-refractivity contribution in [3.63, 3.8) is 0 Å². The summed E-state index contributed by atoms with van der Waals surface area (Å²) in [6, 6.07) is 19.9. The summed E-state index contributed by atoms with van der Waals surface area (Å²) in [5.74, 6) is 1.10. The Bertz CT molecular complexity index is 871. The van der Waals surface area contributed by atoms with Gasteiger partial charge in [-0.15, -0.1) is 0 Å². The smallest absolute Gasteiger partial charge is 0.230 e. The third kappa shape index (κ3) is 4.85. The van der Waals surface area contributed by atoms with Gasteiger partial charge < -0.3 is 9.32 Å². The minimum absolute atomic E-state index is 0.0436. The van der Waals surface area contributed by atoms with Crippen molar-refractivity contribution in [2.75, 3.05) is 0 Å². The number of hydrogen-bond donors (Lipinski definition) is 0. The maximum atomic E-state index is 13.4. The molecular weight excluding hydrogens is 341 g/mol. The molecule has 0 saturated heterocycles. The molecule has 1 aromatic heterocycles. The van der Waals surface area contributed by atoms with Crippen molar-refractivity contribution < 1.29 is 13.6 Å². The molecule has 1 atom stereocenters. The van der Waals surface area contributed by atoms with Gasteiger partial charge in [-0.05, 0) is 48.7 Å². The lowest BCUT2D eigenvalue weighted by Gasteiger charge is -2.27. The van der Waals surface area contributed by atoms with Gasteiger partial charge in [0.25, 0.3) is 0 Å². The third-order valence-electron chi connectivity index (χ3n) is 4.65. The van der Waals surface area contributed by atoms with Gasteiger partial charge in [-0.1, -0.05) is 49.4 Å². The first-order chi connectivity index (χ1) is 13.1. The quantitative estimate of drug-likeness (QED) is 0.558. The highest BCUT2D eigenvalue weighted by atomic mass is 19.1. The Morgan fingerprint density at radius 1 is 1.00 bits per heavy atom. The van der Waals surface area contributed by atoms with Gasteiger partial charge in [-0.25, -0.2) is 4.39 Å². The SMILES string of the molecule is CCC(C(=O)N(Cc1ccc(F)cc1)Cc1ccc(C)o1)c1ccccc1. The number of carbonyl (C=O) groups is 1. The minimum Gasteiger partial charge on any atom is -0.464 e. The van der Waals surface area contributed by atoms with Gasteiger partial charge in [-0.2, -0.15) is 0 Å². The second-order valence-corrected chi connectivity index (χ2v) is 6.70. The van der Waals surface area contributed by atoms with Crippen molar-refractivity contribution in [1.29, 1.82) is 0 Å². The molecular formula is C23H24FNO2. The highest BCUT2D eigenvalue weighted by Crippen LogP contribution is 2.24. The summed E-state index contributed by atoms with van der Waals surface area (Å²) in [5.41, 5.74) is 1.89. The van der Waals surface area contributed by atoms with Crippen LogP contribution in [0.5, 0.6) is 0 Å². The number of rotatable bonds is 7. The largest absolute Gasteiger partial charge is 0.464 e. The lowest BCUT2D eigenvalue weighted by molar-refractivity contribution is -0.134. The van der Waals surface area contributed by atoms with Gasteiger partial charge in [0.2, 0.25) is 5.91 Å². The van der Waals surface area contributed by atoms with E-state index in [9.17, 15) is 9.18 Å². The van der Waals surface area contributed by atoms with Gasteiger partial charge in [0.15, 0.2) is 0 Å². The van der Waals surface area contributed by atoms with Crippen molar-refractivity contribution in [3.8, 4) is 0 Å². The van der Waals surface area contributed by atoms with Gasteiger partial charge in [-0.3, -0.25) is 4.79 Å². The maximum absolute atomic E-state index is 13.4. The normalized spacial score (nSPS) is 12.0. The fraction of sp³-hybridized carbons (Fsp3) is 0.261. The van der Waals surface area contributed by atoms with Crippen LogP contribution in [0.3, 0.4) is 0 Å². The van der Waals surface area contributed by atoms with E-state index in [0.717, 1.165) is 22.6 Å². The zero-order valence-corrected chi connectivity index (χ0v) is 15.7. The molecule has 27 heavy (non-hydrogen) atoms. The maximum Gasteiger partial charge on any atom is 0.230 e. The number of nitrogens with zero attached hydrogens (tertiary/aromatic N) is 1. The van der Waals surface area contributed by atoms with Gasteiger partial charge in [0, 0.05) is 6.54 Å². The fourth-order valence-corrected chi connectivity index (χ4v) is 3.24. The summed E-state index contributed by atoms with van der Waals surface area (Å²) in [6.45, 7) is 4.69. The molecule has 0 N–H and O–H groups in total. The van der Waals surface area contributed by atoms with Crippen molar-refractivity contribution in [3.05, 3.63) is 95.2 Å². The number of benzene rings is 2. The molecule has 0 fully saturated rings. The van der Waals surface area contributed by atoms with Crippen molar-refractivity contribution >= 4 is 5.91 Å². The van der Waals surface area contributed by atoms with E-state index in [-0.39, 0.29) is 17.6 Å². The molecule has 0 radical (unpaired) electrons. The standard InChI is InChI=1S/C23H24FNO2/c1-3-22(19-7-5-4-6-8-19)23(26)25(16-21-14-9-17(2)27-21)15-18-10-12-20(24)13-11-18/h4-14,22H,3,15-16H2,1-2H3. The number of carbonyl (C=O) groups excluding carboxylic acids is 1. The van der Waals surface area contributed by atoms with Crippen LogP contribution in [0, 0.1) is 12.7 Å². The monoisotopic (exact) mass is 365 g/mol. The van der Waals surface area contributed by atoms with Crippen LogP contribution < -0.4 is 0 Å². The number of furan rings is 1. The Morgan fingerprint density at radius 3 is 2.30 bits per heavy atom. The Balaban J connectivity index is 1.87. The van der Waals surface area contributed by atoms with E-state index in [1.54, 1.807) is 17.0 Å². The highest BCUT2D eigenvalue weighted by molar-refractivity contribution is 5.83. The molecule has 1 heterocycles. The number of amides is 1. The van der Waals surface area contributed by atoms with Crippen LogP contribution in [-0.4, -0.2) is 10.8 Å². The summed E-state index contributed by atoms with van der Waals surface area (Å²) in [4.78, 5) is 15.2. The van der Waals surface area contributed by atoms with Crippen LogP contribution in [0.1, 0.15) is 41.9 Å². The average Bonchev–Trinajstić information content (AvgIpc) is 3.09. The van der Waals surface area contributed by atoms with Crippen molar-refractivity contribution in [2.24, 2.45) is 0 Å². The van der Waals surface area contributed by atoms with E-state index in [1.165, 1.54) is 12.1 Å². The number of aryl methyl sites for hydroxylation is 1. The summed E-state index contributed by atoms with van der Waals surface area (Å²) in [6.07, 6.45) is 0.708. The zero-order chi connectivity index (χ0) is 19.2. The molecule has 0 spiro atoms. The van der Waals surface area contributed by atoms with Gasteiger partial charge in [0.1, 0.15) is 17.3 Å². The lowest BCUT2D eigenvalue weighted by atomic mass is 9.94. The summed E-state index contributed by atoms with van der Waals surface area (Å²) < 4.78 is 18.9. The van der Waals surface area contributed by atoms with E-state index in [1.807, 2.05) is 56.3 Å². The first kappa shape index (κ1) is 18.9. The predicted octanol–water partition coefficient (Wildman–Crippen LogP) is 5.45. The molecule has 140 valence electrons. The van der Waals surface area contributed by atoms with E-state index in [2.05, 4.69) is 0 Å². The molecule has 3 aromatic rings. The Kier molecular flexibility index (Phi) is 6.07. The number of hydrogen-bond acceptors (Lipinski definition) is 2. The first-order valence-electron chi connectivity index (χ1n) is 9.20. The molecule has 0 saturated carbocycles. The van der Waals surface area contributed by atoms with Gasteiger partial charge in [0.05, 0.1) is 12.5 Å². The Morgan fingerprint density at radius 2 is 1.70 bits per heavy atom. The molecule has 3 nitrogen and oxygen atoms in total. The second kappa shape index (κ2) is 8.67. The van der Waals surface area contributed by atoms with Crippen LogP contribution >= 0.6 is 0 Å². The fourth-order valence-electron chi connectivity index (χ4n) is 3.24. The predicted molar refractivity (Wildman–Crippen MR) is 104 cm³/mol. The molecule has 1 unspecified atom stereocenters. The van der Waals surface area contributed by atoms with Crippen LogP contribution in [0.4, 0.5) is 4.39 Å². The molecule has 0 aliphatic carbocycles. The van der Waals surface area contributed by atoms with Crippen LogP contribution in [0.15, 0.2) is 71.1 Å². The molecule has 3 rings (SSSR count). The molecule has 4 heteroatoms. The Hall–Kier alpha value is -2.88. The molecule has 0 aliphatic rings. The highest BCUT2D eigenvalue weighted by Gasteiger charge is 2.25. The number of halogens is 1. The van der Waals surface area contributed by atoms with Crippen LogP contribution in [-0.2, 0) is 17.9 Å². The van der Waals surface area contributed by atoms with E-state index in [0.29, 0.717) is 19.5 Å². The van der Waals surface area contributed by atoms with Crippen molar-refractivity contribution in [1.82, 2.24) is 4.90 Å². The van der Waals surface area contributed by atoms with E-state index in [4.69, 9.17) is 4.42 Å². The zero-order valence-electron chi connectivity index (χ0n) is 15.7. The molecule has 1 amide bonds. The average molecular weight is 365 g/mol. The summed E-state index contributed by atoms with van der Waals surface area (Å²) in [7, 11) is 0. The minimum atomic E-state index is -0.283. The molecule has 0 aliphatic heterocycles. The van der Waals surface area contributed by atoms with Crippen LogP contribution in [0.25, 0.3) is 0 Å². The van der Waals surface area contributed by atoms with E-state index < -0.39 is 0 Å². The topological polar surface area (TPSA) is 33.5 Å². The van der Waals surface area contributed by atoms with E-state index >= 15 is 0 Å². The molecule has 2 aromatic carbocycles. The lowest BCUT2D eigenvalue weighted by Crippen LogP contribution is -2.34. The summed E-state index contributed by atoms with van der Waals surface area (Å²) >= 11 is 0. The second-order valence-electron chi connectivity index (χ2n) is 6.70. The first-order valence-corrected chi connectivity index (χ1v) is 9.20. The van der Waals surface area contributed by atoms with Gasteiger partial charge >= 0.3 is 0 Å².